The van der Waals surface area contributed by atoms with Crippen molar-refractivity contribution < 1.29 is 0 Å². The molecular weight excluding hydrogens is 272 g/mol. The second-order valence-corrected chi connectivity index (χ2v) is 6.60. The summed E-state index contributed by atoms with van der Waals surface area (Å²) in [6.07, 6.45) is 7.12. The molecule has 0 spiro atoms. The molecule has 0 unspecified atom stereocenters. The van der Waals surface area contributed by atoms with Gasteiger partial charge in [-0.15, -0.1) is 0 Å². The highest BCUT2D eigenvalue weighted by molar-refractivity contribution is 5.61. The van der Waals surface area contributed by atoms with Crippen LogP contribution in [0.15, 0.2) is 24.4 Å². The molecule has 4 rings (SSSR count). The zero-order chi connectivity index (χ0) is 14.9. The maximum atomic E-state index is 4.81. The molecule has 1 aromatic heterocycles. The molecule has 0 amide bonds. The highest BCUT2D eigenvalue weighted by Gasteiger charge is 2.16. The highest BCUT2D eigenvalue weighted by atomic mass is 15.1. The largest absolute Gasteiger partial charge is 0.384 e. The van der Waals surface area contributed by atoms with E-state index in [-0.39, 0.29) is 0 Å². The fraction of sp³-hybridized carbons (Fsp3) is 0.500. The van der Waals surface area contributed by atoms with Gasteiger partial charge in [0.25, 0.3) is 0 Å². The van der Waals surface area contributed by atoms with Gasteiger partial charge in [0, 0.05) is 44.5 Å². The smallest absolute Gasteiger partial charge is 0.109 e. The van der Waals surface area contributed by atoms with Gasteiger partial charge in [-0.05, 0) is 37.4 Å². The summed E-state index contributed by atoms with van der Waals surface area (Å²) in [5.74, 6) is 1.27. The summed E-state index contributed by atoms with van der Waals surface area (Å²) >= 11 is 0. The first kappa shape index (κ1) is 13.8. The molecule has 1 N–H and O–H groups in total. The number of hydrogen-bond donors (Lipinski definition) is 1. The van der Waals surface area contributed by atoms with E-state index in [4.69, 9.17) is 4.98 Å². The first-order valence-electron chi connectivity index (χ1n) is 8.38. The maximum Gasteiger partial charge on any atom is 0.109 e. The van der Waals surface area contributed by atoms with Gasteiger partial charge in [0.15, 0.2) is 0 Å². The minimum atomic E-state index is 0.920. The predicted octanol–water partition coefficient (Wildman–Crippen LogP) is 2.82. The second-order valence-electron chi connectivity index (χ2n) is 6.60. The summed E-state index contributed by atoms with van der Waals surface area (Å²) in [4.78, 5) is 7.18. The molecule has 2 aromatic rings. The number of hydrogen-bond acceptors (Lipinski definition) is 3. The highest BCUT2D eigenvalue weighted by Crippen LogP contribution is 2.27. The van der Waals surface area contributed by atoms with Crippen LogP contribution in [0.3, 0.4) is 0 Å². The van der Waals surface area contributed by atoms with Crippen LogP contribution in [0.1, 0.15) is 35.5 Å². The van der Waals surface area contributed by atoms with Crippen LogP contribution in [0.4, 0.5) is 5.69 Å². The first-order valence-corrected chi connectivity index (χ1v) is 8.38. The van der Waals surface area contributed by atoms with Crippen LogP contribution in [0.25, 0.3) is 0 Å². The molecule has 1 aromatic carbocycles. The van der Waals surface area contributed by atoms with Crippen LogP contribution in [0.5, 0.6) is 0 Å². The molecule has 0 aliphatic carbocycles. The average molecular weight is 296 g/mol. The average Bonchev–Trinajstić information content (AvgIpc) is 3.12. The summed E-state index contributed by atoms with van der Waals surface area (Å²) < 4.78 is 2.34. The molecule has 0 bridgehead atoms. The molecule has 2 aliphatic rings. The number of para-hydroxylation sites is 1. The summed E-state index contributed by atoms with van der Waals surface area (Å²) in [5, 5.41) is 3.53. The Labute approximate surface area is 132 Å². The van der Waals surface area contributed by atoms with E-state index in [0.717, 1.165) is 39.0 Å². The SMILES string of the molecule is CN(Cc1cn2c(n1)CCCC2)Cc1cccc2c1NCC2. The number of nitrogens with zero attached hydrogens (tertiary/aromatic N) is 3. The van der Waals surface area contributed by atoms with Gasteiger partial charge in [0.2, 0.25) is 0 Å². The van der Waals surface area contributed by atoms with Crippen LogP contribution in [0, 0.1) is 0 Å². The van der Waals surface area contributed by atoms with Crippen LogP contribution >= 0.6 is 0 Å². The molecule has 4 nitrogen and oxygen atoms in total. The molecule has 22 heavy (non-hydrogen) atoms. The molecule has 4 heteroatoms. The number of nitrogens with one attached hydrogen (secondary N) is 1. The van der Waals surface area contributed by atoms with E-state index in [2.05, 4.69) is 46.2 Å². The van der Waals surface area contributed by atoms with E-state index in [1.807, 2.05) is 0 Å². The molecule has 0 saturated carbocycles. The lowest BCUT2D eigenvalue weighted by Gasteiger charge is -2.17. The predicted molar refractivity (Wildman–Crippen MR) is 89.0 cm³/mol. The minimum absolute atomic E-state index is 0.920. The number of fused-ring (bicyclic) bond motifs is 2. The van der Waals surface area contributed by atoms with E-state index < -0.39 is 0 Å². The Kier molecular flexibility index (Phi) is 3.62. The third kappa shape index (κ3) is 2.63. The summed E-state index contributed by atoms with van der Waals surface area (Å²) in [5.41, 5.74) is 5.43. The molecule has 2 aliphatic heterocycles. The molecule has 0 atom stereocenters. The normalized spacial score (nSPS) is 16.5. The summed E-state index contributed by atoms with van der Waals surface area (Å²) in [6, 6.07) is 6.67. The number of benzene rings is 1. The second kappa shape index (κ2) is 5.76. The zero-order valence-corrected chi connectivity index (χ0v) is 13.3. The third-order valence-corrected chi connectivity index (χ3v) is 4.76. The Balaban J connectivity index is 1.45. The molecule has 0 radical (unpaired) electrons. The Morgan fingerprint density at radius 1 is 1.23 bits per heavy atom. The quantitative estimate of drug-likeness (QED) is 0.942. The molecule has 0 saturated heterocycles. The van der Waals surface area contributed by atoms with Crippen molar-refractivity contribution in [3.63, 3.8) is 0 Å². The Bertz CT molecular complexity index is 650. The summed E-state index contributed by atoms with van der Waals surface area (Å²) in [7, 11) is 2.19. The lowest BCUT2D eigenvalue weighted by Crippen LogP contribution is -2.18. The van der Waals surface area contributed by atoms with E-state index in [0.29, 0.717) is 0 Å². The lowest BCUT2D eigenvalue weighted by molar-refractivity contribution is 0.316. The van der Waals surface area contributed by atoms with Gasteiger partial charge < -0.3 is 9.88 Å². The molecular formula is C18H24N4. The van der Waals surface area contributed by atoms with Gasteiger partial charge in [0.05, 0.1) is 5.69 Å². The number of anilines is 1. The molecule has 0 fully saturated rings. The van der Waals surface area contributed by atoms with Crippen LogP contribution in [-0.4, -0.2) is 28.0 Å². The van der Waals surface area contributed by atoms with Crippen molar-refractivity contribution >= 4 is 5.69 Å². The van der Waals surface area contributed by atoms with E-state index in [1.54, 1.807) is 0 Å². The van der Waals surface area contributed by atoms with Gasteiger partial charge in [-0.2, -0.15) is 0 Å². The van der Waals surface area contributed by atoms with Gasteiger partial charge >= 0.3 is 0 Å². The summed E-state index contributed by atoms with van der Waals surface area (Å²) in [6.45, 7) is 4.11. The molecule has 3 heterocycles. The van der Waals surface area contributed by atoms with Crippen molar-refractivity contribution in [3.05, 3.63) is 47.0 Å². The number of rotatable bonds is 4. The van der Waals surface area contributed by atoms with Crippen LogP contribution in [0.2, 0.25) is 0 Å². The fourth-order valence-corrected chi connectivity index (χ4v) is 3.71. The number of aromatic nitrogens is 2. The van der Waals surface area contributed by atoms with E-state index in [1.165, 1.54) is 41.2 Å². The standard InChI is InChI=1S/C18H24N4/c1-21(11-15-6-4-5-14-8-9-19-18(14)15)12-16-13-22-10-3-2-7-17(22)20-16/h4-6,13,19H,2-3,7-12H2,1H3. The monoisotopic (exact) mass is 296 g/mol. The van der Waals surface area contributed by atoms with Gasteiger partial charge in [-0.1, -0.05) is 18.2 Å². The third-order valence-electron chi connectivity index (χ3n) is 4.76. The van der Waals surface area contributed by atoms with Crippen molar-refractivity contribution in [3.8, 4) is 0 Å². The van der Waals surface area contributed by atoms with Crippen molar-refractivity contribution in [2.24, 2.45) is 0 Å². The molecule has 116 valence electrons. The number of imidazole rings is 1. The zero-order valence-electron chi connectivity index (χ0n) is 13.3. The topological polar surface area (TPSA) is 33.1 Å². The van der Waals surface area contributed by atoms with Crippen LogP contribution < -0.4 is 5.32 Å². The first-order chi connectivity index (χ1) is 10.8. The van der Waals surface area contributed by atoms with E-state index in [9.17, 15) is 0 Å². The van der Waals surface area contributed by atoms with Gasteiger partial charge in [-0.25, -0.2) is 4.98 Å². The Morgan fingerprint density at radius 3 is 3.09 bits per heavy atom. The lowest BCUT2D eigenvalue weighted by atomic mass is 10.1. The number of aryl methyl sites for hydroxylation is 2. The van der Waals surface area contributed by atoms with Crippen molar-refractivity contribution in [2.75, 3.05) is 18.9 Å². The van der Waals surface area contributed by atoms with E-state index >= 15 is 0 Å². The van der Waals surface area contributed by atoms with Crippen molar-refractivity contribution in [2.45, 2.75) is 45.3 Å². The van der Waals surface area contributed by atoms with Crippen molar-refractivity contribution in [1.82, 2.24) is 14.5 Å². The Hall–Kier alpha value is -1.81. The Morgan fingerprint density at radius 2 is 2.18 bits per heavy atom. The fourth-order valence-electron chi connectivity index (χ4n) is 3.71. The van der Waals surface area contributed by atoms with Gasteiger partial charge in [0.1, 0.15) is 5.82 Å². The van der Waals surface area contributed by atoms with Crippen molar-refractivity contribution in [1.29, 1.82) is 0 Å². The van der Waals surface area contributed by atoms with Gasteiger partial charge in [-0.3, -0.25) is 4.90 Å². The maximum absolute atomic E-state index is 4.81. The minimum Gasteiger partial charge on any atom is -0.384 e. The van der Waals surface area contributed by atoms with Crippen LogP contribution in [-0.2, 0) is 32.5 Å².